The topological polar surface area (TPSA) is 0 Å². The lowest BCUT2D eigenvalue weighted by Crippen LogP contribution is -3.00. The molecule has 3 saturated carbocycles. The average Bonchev–Trinajstić information content (AvgIpc) is 2.07. The Bertz CT molecular complexity index is 144. The van der Waals surface area contributed by atoms with Gasteiger partial charge in [0.2, 0.25) is 0 Å². The lowest BCUT2D eigenvalue weighted by atomic mass is 9.83. The maximum Gasteiger partial charge on any atom is 0.0915 e. The van der Waals surface area contributed by atoms with E-state index in [9.17, 15) is 0 Å². The van der Waals surface area contributed by atoms with E-state index in [0.717, 1.165) is 17.9 Å². The third-order valence-corrected chi connectivity index (χ3v) is 3.39. The second kappa shape index (κ2) is 2.87. The van der Waals surface area contributed by atoms with Crippen LogP contribution >= 0.6 is 0 Å². The molecule has 0 amide bonds. The summed E-state index contributed by atoms with van der Waals surface area (Å²) >= 11 is 0. The van der Waals surface area contributed by atoms with Crippen LogP contribution in [0.2, 0.25) is 0 Å². The van der Waals surface area contributed by atoms with Crippen LogP contribution in [0.25, 0.3) is 0 Å². The van der Waals surface area contributed by atoms with Crippen molar-refractivity contribution in [1.82, 2.24) is 0 Å². The van der Waals surface area contributed by atoms with E-state index in [0.29, 0.717) is 0 Å². The Morgan fingerprint density at radius 1 is 1.00 bits per heavy atom. The van der Waals surface area contributed by atoms with E-state index in [1.165, 1.54) is 10.9 Å². The Hall–Kier alpha value is 0.690. The van der Waals surface area contributed by atoms with Gasteiger partial charge in [-0.25, -0.2) is 0 Å². The van der Waals surface area contributed by atoms with E-state index >= 15 is 0 Å². The summed E-state index contributed by atoms with van der Waals surface area (Å²) in [6, 6.07) is 0.991. The number of rotatable bonds is 1. The molecule has 1 nitrogen and oxygen atoms in total. The molecule has 3 fully saturated rings. The minimum Gasteiger partial charge on any atom is -1.00 e. The number of hydrogen-bond acceptors (Lipinski definition) is 0. The van der Waals surface area contributed by atoms with Crippen molar-refractivity contribution >= 4 is 0 Å². The lowest BCUT2D eigenvalue weighted by Gasteiger charge is -2.34. The van der Waals surface area contributed by atoms with Gasteiger partial charge in [-0.15, -0.1) is 0 Å². The Labute approximate surface area is 86.8 Å². The van der Waals surface area contributed by atoms with Crippen molar-refractivity contribution in [2.45, 2.75) is 25.3 Å². The van der Waals surface area contributed by atoms with Crippen molar-refractivity contribution in [2.24, 2.45) is 11.8 Å². The minimum atomic E-state index is 0. The first kappa shape index (κ1) is 9.78. The highest BCUT2D eigenvalue weighted by Crippen LogP contribution is 2.51. The summed E-state index contributed by atoms with van der Waals surface area (Å²) in [4.78, 5) is 0. The van der Waals surface area contributed by atoms with Crippen LogP contribution in [0.3, 0.4) is 0 Å². The molecule has 0 heterocycles. The maximum atomic E-state index is 2.34. The highest BCUT2D eigenvalue weighted by Gasteiger charge is 2.50. The van der Waals surface area contributed by atoms with Crippen LogP contribution in [0.1, 0.15) is 19.3 Å². The molecule has 0 spiro atoms. The molecular weight excluding hydrogens is 249 g/mol. The van der Waals surface area contributed by atoms with E-state index in [1.807, 2.05) is 0 Å². The standard InChI is InChI=1S/C9H18N.HI/c1-10(2,3)9-6-7-4-8(9)5-7;/h7-9H,4-6H2,1-3H3;1H/q+1;/p-1. The summed E-state index contributed by atoms with van der Waals surface area (Å²) in [6.07, 6.45) is 4.59. The van der Waals surface area contributed by atoms with Gasteiger partial charge in [0, 0.05) is 12.3 Å². The molecular formula is C9H18IN. The molecule has 3 aliphatic carbocycles. The van der Waals surface area contributed by atoms with Crippen LogP contribution in [0.4, 0.5) is 0 Å². The Morgan fingerprint density at radius 3 is 1.73 bits per heavy atom. The average molecular weight is 267 g/mol. The molecule has 1 unspecified atom stereocenters. The van der Waals surface area contributed by atoms with E-state index in [4.69, 9.17) is 0 Å². The van der Waals surface area contributed by atoms with Crippen molar-refractivity contribution in [1.29, 1.82) is 0 Å². The zero-order valence-corrected chi connectivity index (χ0v) is 9.84. The first-order valence-corrected chi connectivity index (χ1v) is 4.38. The van der Waals surface area contributed by atoms with E-state index in [2.05, 4.69) is 21.1 Å². The van der Waals surface area contributed by atoms with E-state index < -0.39 is 0 Å². The second-order valence-electron chi connectivity index (χ2n) is 5.02. The fraction of sp³-hybridized carbons (Fsp3) is 1.00. The van der Waals surface area contributed by atoms with Crippen LogP contribution in [-0.4, -0.2) is 31.7 Å². The summed E-state index contributed by atoms with van der Waals surface area (Å²) < 4.78 is 1.20. The summed E-state index contributed by atoms with van der Waals surface area (Å²) in [5.74, 6) is 2.21. The molecule has 3 aliphatic rings. The van der Waals surface area contributed by atoms with E-state index in [1.54, 1.807) is 12.8 Å². The van der Waals surface area contributed by atoms with Gasteiger partial charge in [-0.05, 0) is 18.8 Å². The molecule has 0 aromatic heterocycles. The summed E-state index contributed by atoms with van der Waals surface area (Å²) in [6.45, 7) is 0. The normalized spacial score (nSPS) is 41.2. The van der Waals surface area contributed by atoms with Crippen LogP contribution < -0.4 is 24.0 Å². The Kier molecular flexibility index (Phi) is 2.55. The van der Waals surface area contributed by atoms with Crippen molar-refractivity contribution in [3.63, 3.8) is 0 Å². The largest absolute Gasteiger partial charge is 1.00 e. The van der Waals surface area contributed by atoms with Gasteiger partial charge >= 0.3 is 0 Å². The van der Waals surface area contributed by atoms with Gasteiger partial charge in [0.1, 0.15) is 0 Å². The quantitative estimate of drug-likeness (QED) is 0.400. The van der Waals surface area contributed by atoms with Crippen molar-refractivity contribution in [3.05, 3.63) is 0 Å². The maximum absolute atomic E-state index is 2.34. The monoisotopic (exact) mass is 267 g/mol. The molecule has 0 aromatic carbocycles. The molecule has 0 saturated heterocycles. The molecule has 66 valence electrons. The van der Waals surface area contributed by atoms with Gasteiger partial charge in [-0.1, -0.05) is 0 Å². The molecule has 11 heavy (non-hydrogen) atoms. The van der Waals surface area contributed by atoms with Crippen molar-refractivity contribution in [3.8, 4) is 0 Å². The number of halogens is 1. The molecule has 1 atom stereocenters. The summed E-state index contributed by atoms with van der Waals surface area (Å²) in [5, 5.41) is 0. The van der Waals surface area contributed by atoms with Crippen molar-refractivity contribution in [2.75, 3.05) is 21.1 Å². The van der Waals surface area contributed by atoms with E-state index in [-0.39, 0.29) is 24.0 Å². The molecule has 0 N–H and O–H groups in total. The third-order valence-electron chi connectivity index (χ3n) is 3.39. The zero-order chi connectivity index (χ0) is 7.35. The predicted molar refractivity (Wildman–Crippen MR) is 42.7 cm³/mol. The van der Waals surface area contributed by atoms with Gasteiger partial charge in [0.15, 0.2) is 0 Å². The number of quaternary nitrogens is 1. The summed E-state index contributed by atoms with van der Waals surface area (Å²) in [5.41, 5.74) is 0. The first-order valence-electron chi connectivity index (χ1n) is 4.38. The third kappa shape index (κ3) is 1.57. The first-order chi connectivity index (χ1) is 4.57. The Morgan fingerprint density at radius 2 is 1.55 bits per heavy atom. The molecule has 0 aromatic rings. The highest BCUT2D eigenvalue weighted by atomic mass is 127. The zero-order valence-electron chi connectivity index (χ0n) is 7.68. The van der Waals surface area contributed by atoms with Gasteiger partial charge in [0.05, 0.1) is 27.2 Å². The molecule has 2 heteroatoms. The smallest absolute Gasteiger partial charge is 0.0915 e. The number of nitrogens with zero attached hydrogens (tertiary/aromatic N) is 1. The number of fused-ring (bicyclic) bond motifs is 1. The lowest BCUT2D eigenvalue weighted by molar-refractivity contribution is -0.897. The SMILES string of the molecule is C[N+](C)(C)C1CC2CC1C2.[I-]. The Balaban J connectivity index is 0.000000605. The van der Waals surface area contributed by atoms with Gasteiger partial charge in [-0.3, -0.25) is 0 Å². The number of hydrogen-bond donors (Lipinski definition) is 0. The fourth-order valence-corrected chi connectivity index (χ4v) is 2.78. The highest BCUT2D eigenvalue weighted by molar-refractivity contribution is 4.95. The molecule has 0 radical (unpaired) electrons. The molecule has 2 bridgehead atoms. The van der Waals surface area contributed by atoms with Crippen molar-refractivity contribution < 1.29 is 28.5 Å². The van der Waals surface area contributed by atoms with Crippen LogP contribution in [-0.2, 0) is 0 Å². The minimum absolute atomic E-state index is 0. The second-order valence-corrected chi connectivity index (χ2v) is 5.02. The van der Waals surface area contributed by atoms with Gasteiger partial charge in [0.25, 0.3) is 0 Å². The van der Waals surface area contributed by atoms with Crippen LogP contribution in [0.15, 0.2) is 0 Å². The van der Waals surface area contributed by atoms with Gasteiger partial charge in [-0.2, -0.15) is 0 Å². The van der Waals surface area contributed by atoms with Crippen LogP contribution in [0.5, 0.6) is 0 Å². The summed E-state index contributed by atoms with van der Waals surface area (Å²) in [7, 11) is 7.02. The van der Waals surface area contributed by atoms with Gasteiger partial charge < -0.3 is 28.5 Å². The fourth-order valence-electron chi connectivity index (χ4n) is 2.78. The molecule has 0 aliphatic heterocycles. The molecule has 3 rings (SSSR count). The predicted octanol–water partition coefficient (Wildman–Crippen LogP) is -1.50. The van der Waals surface area contributed by atoms with Crippen LogP contribution in [0, 0.1) is 11.8 Å².